The van der Waals surface area contributed by atoms with Gasteiger partial charge in [-0.25, -0.2) is 4.79 Å². The van der Waals surface area contributed by atoms with E-state index in [1.807, 2.05) is 0 Å². The summed E-state index contributed by atoms with van der Waals surface area (Å²) in [4.78, 5) is 11.7. The molecule has 102 valence electrons. The summed E-state index contributed by atoms with van der Waals surface area (Å²) < 4.78 is 11.3. The molecule has 0 saturated heterocycles. The molecule has 0 bridgehead atoms. The number of carbonyl (C=O) groups is 1. The minimum absolute atomic E-state index is 0.406. The summed E-state index contributed by atoms with van der Waals surface area (Å²) in [5, 5.41) is 4.03. The third-order valence-electron chi connectivity index (χ3n) is 2.65. The molecular formula is C13H22N2O3. The Balaban J connectivity index is 2.32. The fraction of sp³-hybridized carbons (Fsp3) is 0.692. The Morgan fingerprint density at radius 2 is 2.06 bits per heavy atom. The van der Waals surface area contributed by atoms with Crippen molar-refractivity contribution in [3.05, 3.63) is 11.8 Å². The van der Waals surface area contributed by atoms with E-state index >= 15 is 0 Å². The van der Waals surface area contributed by atoms with Gasteiger partial charge in [-0.05, 0) is 13.3 Å². The number of nitrogens with zero attached hydrogens (tertiary/aromatic N) is 2. The summed E-state index contributed by atoms with van der Waals surface area (Å²) in [6.07, 6.45) is 5.16. The van der Waals surface area contributed by atoms with Gasteiger partial charge >= 0.3 is 6.09 Å². The van der Waals surface area contributed by atoms with E-state index in [4.69, 9.17) is 9.47 Å². The zero-order valence-electron chi connectivity index (χ0n) is 11.4. The van der Waals surface area contributed by atoms with E-state index < -0.39 is 6.09 Å². The van der Waals surface area contributed by atoms with Crippen LogP contribution in [0.15, 0.2) is 6.07 Å². The maximum atomic E-state index is 11.7. The second kappa shape index (κ2) is 7.74. The monoisotopic (exact) mass is 254 g/mol. The third-order valence-corrected chi connectivity index (χ3v) is 2.65. The Morgan fingerprint density at radius 1 is 1.33 bits per heavy atom. The second-order valence-corrected chi connectivity index (χ2v) is 4.27. The Morgan fingerprint density at radius 3 is 2.72 bits per heavy atom. The molecule has 0 unspecified atom stereocenters. The average molecular weight is 254 g/mol. The molecule has 0 aliphatic rings. The van der Waals surface area contributed by atoms with Crippen molar-refractivity contribution in [2.24, 2.45) is 0 Å². The molecule has 1 heterocycles. The van der Waals surface area contributed by atoms with Crippen LogP contribution in [0.4, 0.5) is 4.79 Å². The second-order valence-electron chi connectivity index (χ2n) is 4.27. The van der Waals surface area contributed by atoms with Gasteiger partial charge in [0.05, 0.1) is 19.4 Å². The van der Waals surface area contributed by atoms with Gasteiger partial charge in [0.1, 0.15) is 0 Å². The van der Waals surface area contributed by atoms with Crippen LogP contribution in [0.1, 0.15) is 44.7 Å². The summed E-state index contributed by atoms with van der Waals surface area (Å²) in [7, 11) is 1.50. The smallest absolute Gasteiger partial charge is 0.437 e. The number of hydrogen-bond acceptors (Lipinski definition) is 4. The van der Waals surface area contributed by atoms with Crippen LogP contribution in [0.2, 0.25) is 0 Å². The Hall–Kier alpha value is -1.52. The van der Waals surface area contributed by atoms with Crippen molar-refractivity contribution >= 4 is 6.09 Å². The quantitative estimate of drug-likeness (QED) is 0.701. The van der Waals surface area contributed by atoms with Gasteiger partial charge in [0.2, 0.25) is 5.88 Å². The molecule has 0 atom stereocenters. The number of aryl methyl sites for hydroxylation is 1. The minimum Gasteiger partial charge on any atom is -0.481 e. The molecule has 1 aromatic rings. The molecule has 1 rings (SSSR count). The van der Waals surface area contributed by atoms with Crippen molar-refractivity contribution in [3.8, 4) is 5.88 Å². The van der Waals surface area contributed by atoms with Crippen LogP contribution in [0.5, 0.6) is 5.88 Å². The topological polar surface area (TPSA) is 53.4 Å². The fourth-order valence-electron chi connectivity index (χ4n) is 1.68. The number of aromatic nitrogens is 2. The lowest BCUT2D eigenvalue weighted by molar-refractivity contribution is 0.139. The third kappa shape index (κ3) is 4.39. The first-order chi connectivity index (χ1) is 8.69. The Labute approximate surface area is 108 Å². The molecule has 0 aliphatic heterocycles. The van der Waals surface area contributed by atoms with E-state index in [1.54, 1.807) is 13.0 Å². The van der Waals surface area contributed by atoms with Gasteiger partial charge in [0, 0.05) is 6.07 Å². The van der Waals surface area contributed by atoms with Crippen LogP contribution < -0.4 is 4.74 Å². The standard InChI is InChI=1S/C13H22N2O3/c1-4-5-6-7-8-9-18-13(16)15-12(17-3)10-11(2)14-15/h10H,4-9H2,1-3H3. The summed E-state index contributed by atoms with van der Waals surface area (Å²) in [6, 6.07) is 1.70. The molecule has 0 aromatic carbocycles. The maximum Gasteiger partial charge on any atom is 0.437 e. The average Bonchev–Trinajstić information content (AvgIpc) is 2.74. The van der Waals surface area contributed by atoms with Gasteiger partial charge in [0.25, 0.3) is 0 Å². The summed E-state index contributed by atoms with van der Waals surface area (Å²) in [5.74, 6) is 0.406. The molecule has 1 aromatic heterocycles. The van der Waals surface area contributed by atoms with Crippen LogP contribution in [0, 0.1) is 6.92 Å². The molecule has 0 aliphatic carbocycles. The molecule has 0 spiro atoms. The highest BCUT2D eigenvalue weighted by molar-refractivity contribution is 5.71. The predicted molar refractivity (Wildman–Crippen MR) is 69.0 cm³/mol. The number of unbranched alkanes of at least 4 members (excludes halogenated alkanes) is 4. The normalized spacial score (nSPS) is 10.4. The van der Waals surface area contributed by atoms with Crippen molar-refractivity contribution < 1.29 is 14.3 Å². The number of rotatable bonds is 7. The molecule has 0 fully saturated rings. The molecular weight excluding hydrogens is 232 g/mol. The van der Waals surface area contributed by atoms with Gasteiger partial charge < -0.3 is 9.47 Å². The van der Waals surface area contributed by atoms with E-state index in [0.29, 0.717) is 12.5 Å². The lowest BCUT2D eigenvalue weighted by Crippen LogP contribution is -2.17. The number of methoxy groups -OCH3 is 1. The number of carbonyl (C=O) groups excluding carboxylic acids is 1. The number of hydrogen-bond donors (Lipinski definition) is 0. The summed E-state index contributed by atoms with van der Waals surface area (Å²) in [6.45, 7) is 4.41. The van der Waals surface area contributed by atoms with Crippen LogP contribution >= 0.6 is 0 Å². The predicted octanol–water partition coefficient (Wildman–Crippen LogP) is 3.16. The van der Waals surface area contributed by atoms with Crippen LogP contribution in [0.25, 0.3) is 0 Å². The number of ether oxygens (including phenoxy) is 2. The first kappa shape index (κ1) is 14.5. The first-order valence-corrected chi connectivity index (χ1v) is 6.46. The maximum absolute atomic E-state index is 11.7. The minimum atomic E-state index is -0.476. The fourth-order valence-corrected chi connectivity index (χ4v) is 1.68. The van der Waals surface area contributed by atoms with Gasteiger partial charge in [-0.2, -0.15) is 5.10 Å². The van der Waals surface area contributed by atoms with Crippen LogP contribution in [0.3, 0.4) is 0 Å². The highest BCUT2D eigenvalue weighted by Crippen LogP contribution is 2.12. The van der Waals surface area contributed by atoms with Crippen molar-refractivity contribution in [1.82, 2.24) is 9.78 Å². The Bertz CT molecular complexity index is 374. The molecule has 0 amide bonds. The van der Waals surface area contributed by atoms with Crippen LogP contribution in [-0.4, -0.2) is 29.6 Å². The zero-order valence-corrected chi connectivity index (χ0v) is 11.4. The zero-order chi connectivity index (χ0) is 13.4. The van der Waals surface area contributed by atoms with Gasteiger partial charge in [-0.15, -0.1) is 4.68 Å². The molecule has 5 nitrogen and oxygen atoms in total. The van der Waals surface area contributed by atoms with Crippen molar-refractivity contribution in [1.29, 1.82) is 0 Å². The molecule has 0 radical (unpaired) electrons. The van der Waals surface area contributed by atoms with Crippen molar-refractivity contribution in [2.75, 3.05) is 13.7 Å². The van der Waals surface area contributed by atoms with E-state index in [9.17, 15) is 4.79 Å². The summed E-state index contributed by atoms with van der Waals surface area (Å²) in [5.41, 5.74) is 0.728. The van der Waals surface area contributed by atoms with E-state index in [0.717, 1.165) is 23.2 Å². The molecule has 5 heteroatoms. The SMILES string of the molecule is CCCCCCCOC(=O)n1nc(C)cc1OC. The van der Waals surface area contributed by atoms with E-state index in [2.05, 4.69) is 12.0 Å². The van der Waals surface area contributed by atoms with Gasteiger partial charge in [0.15, 0.2) is 0 Å². The van der Waals surface area contributed by atoms with Crippen molar-refractivity contribution in [2.45, 2.75) is 46.0 Å². The lowest BCUT2D eigenvalue weighted by Gasteiger charge is -2.06. The Kier molecular flexibility index (Phi) is 6.25. The lowest BCUT2D eigenvalue weighted by atomic mass is 10.2. The van der Waals surface area contributed by atoms with Crippen LogP contribution in [-0.2, 0) is 4.74 Å². The molecule has 18 heavy (non-hydrogen) atoms. The van der Waals surface area contributed by atoms with Crippen molar-refractivity contribution in [3.63, 3.8) is 0 Å². The summed E-state index contributed by atoms with van der Waals surface area (Å²) >= 11 is 0. The molecule has 0 saturated carbocycles. The van der Waals surface area contributed by atoms with Gasteiger partial charge in [-0.3, -0.25) is 0 Å². The highest BCUT2D eigenvalue weighted by atomic mass is 16.6. The van der Waals surface area contributed by atoms with Gasteiger partial charge in [-0.1, -0.05) is 32.6 Å². The van der Waals surface area contributed by atoms with E-state index in [-0.39, 0.29) is 0 Å². The largest absolute Gasteiger partial charge is 0.481 e. The molecule has 0 N–H and O–H groups in total. The highest BCUT2D eigenvalue weighted by Gasteiger charge is 2.14. The van der Waals surface area contributed by atoms with E-state index in [1.165, 1.54) is 26.4 Å². The first-order valence-electron chi connectivity index (χ1n) is 6.46.